The molecule has 0 radical (unpaired) electrons. The SMILES string of the molecule is [2H]C([2H])([2H])c1c[n+](C)c(-c2cc(C(F)(F)F)c([Si](C)(C)C)cc2C)cc1C([2H])([2H])C(C)(C)C. The van der Waals surface area contributed by atoms with Gasteiger partial charge < -0.3 is 0 Å². The van der Waals surface area contributed by atoms with E-state index in [9.17, 15) is 13.2 Å². The Labute approximate surface area is 175 Å². The van der Waals surface area contributed by atoms with Gasteiger partial charge >= 0.3 is 6.18 Å². The van der Waals surface area contributed by atoms with Crippen molar-refractivity contribution in [3.63, 3.8) is 0 Å². The van der Waals surface area contributed by atoms with Crippen LogP contribution < -0.4 is 9.75 Å². The third-order valence-corrected chi connectivity index (χ3v) is 6.57. The fraction of sp³-hybridized carbons (Fsp3) is 0.522. The summed E-state index contributed by atoms with van der Waals surface area (Å²) in [5.74, 6) is 0. The van der Waals surface area contributed by atoms with E-state index in [0.29, 0.717) is 22.0 Å². The predicted molar refractivity (Wildman–Crippen MR) is 114 cm³/mol. The third kappa shape index (κ3) is 5.05. The zero-order valence-corrected chi connectivity index (χ0v) is 18.9. The molecule has 154 valence electrons. The van der Waals surface area contributed by atoms with Gasteiger partial charge in [-0.15, -0.1) is 0 Å². The molecule has 0 aliphatic rings. The summed E-state index contributed by atoms with van der Waals surface area (Å²) in [6.45, 7) is 9.72. The third-order valence-electron chi connectivity index (χ3n) is 4.54. The molecule has 1 aromatic heterocycles. The smallest absolute Gasteiger partial charge is 0.201 e. The molecule has 28 heavy (non-hydrogen) atoms. The molecule has 0 fully saturated rings. The zero-order valence-electron chi connectivity index (χ0n) is 22.9. The van der Waals surface area contributed by atoms with Crippen LogP contribution in [-0.4, -0.2) is 8.07 Å². The Morgan fingerprint density at radius 1 is 1.07 bits per heavy atom. The molecule has 2 aromatic rings. The van der Waals surface area contributed by atoms with E-state index in [1.165, 1.54) is 16.8 Å². The highest BCUT2D eigenvalue weighted by molar-refractivity contribution is 6.89. The van der Waals surface area contributed by atoms with Crippen molar-refractivity contribution in [2.75, 3.05) is 0 Å². The first-order valence-electron chi connectivity index (χ1n) is 11.8. The van der Waals surface area contributed by atoms with Gasteiger partial charge in [0.05, 0.1) is 13.6 Å². The van der Waals surface area contributed by atoms with Crippen LogP contribution in [0.15, 0.2) is 24.4 Å². The van der Waals surface area contributed by atoms with E-state index in [1.54, 1.807) is 40.8 Å². The van der Waals surface area contributed by atoms with Crippen molar-refractivity contribution in [2.24, 2.45) is 12.5 Å². The Balaban J connectivity index is 2.99. The van der Waals surface area contributed by atoms with Crippen molar-refractivity contribution in [3.8, 4) is 11.3 Å². The average molecular weight is 414 g/mol. The Kier molecular flexibility index (Phi) is 4.24. The standard InChI is InChI=1S/C23H33F3NSi/c1-15-10-21(28(7,8)9)19(23(24,25)26)12-18(15)20-11-17(13-22(3,4)5)16(2)14-27(20)6/h10-12,14H,13H2,1-9H3/q+1/i2D3,13D2. The first-order valence-corrected chi connectivity index (χ1v) is 12.8. The molecule has 0 spiro atoms. The minimum absolute atomic E-state index is 0.0367. The molecule has 2 rings (SSSR count). The van der Waals surface area contributed by atoms with Crippen LogP contribution >= 0.6 is 0 Å². The summed E-state index contributed by atoms with van der Waals surface area (Å²) in [7, 11) is -0.748. The van der Waals surface area contributed by atoms with E-state index < -0.39 is 38.5 Å². The Morgan fingerprint density at radius 3 is 2.14 bits per heavy atom. The van der Waals surface area contributed by atoms with Gasteiger partial charge in [-0.2, -0.15) is 13.2 Å². The van der Waals surface area contributed by atoms with Crippen molar-refractivity contribution in [1.82, 2.24) is 0 Å². The summed E-state index contributed by atoms with van der Waals surface area (Å²) in [5, 5.41) is 0.309. The maximum atomic E-state index is 14.0. The zero-order chi connectivity index (χ0) is 25.9. The lowest BCUT2D eigenvalue weighted by molar-refractivity contribution is -0.660. The van der Waals surface area contributed by atoms with Crippen molar-refractivity contribution < 1.29 is 24.6 Å². The van der Waals surface area contributed by atoms with Crippen LogP contribution in [0.5, 0.6) is 0 Å². The first-order chi connectivity index (χ1) is 14.5. The highest BCUT2D eigenvalue weighted by Crippen LogP contribution is 2.34. The molecular weight excluding hydrogens is 375 g/mol. The first kappa shape index (κ1) is 16.2. The number of hydrogen-bond donors (Lipinski definition) is 0. The van der Waals surface area contributed by atoms with E-state index in [4.69, 9.17) is 6.85 Å². The van der Waals surface area contributed by atoms with Crippen LogP contribution in [-0.2, 0) is 19.6 Å². The fourth-order valence-electron chi connectivity index (χ4n) is 3.26. The van der Waals surface area contributed by atoms with Crippen molar-refractivity contribution in [2.45, 2.75) is 66.7 Å². The van der Waals surface area contributed by atoms with Gasteiger partial charge in [0.2, 0.25) is 5.69 Å². The molecule has 1 nitrogen and oxygen atoms in total. The van der Waals surface area contributed by atoms with Crippen molar-refractivity contribution >= 4 is 13.3 Å². The topological polar surface area (TPSA) is 3.88 Å². The molecular formula is C23H33F3NSi+. The summed E-state index contributed by atoms with van der Waals surface area (Å²) in [4.78, 5) is 0. The van der Waals surface area contributed by atoms with Gasteiger partial charge in [0.15, 0.2) is 6.20 Å². The number of hydrogen-bond acceptors (Lipinski definition) is 0. The van der Waals surface area contributed by atoms with Gasteiger partial charge in [-0.1, -0.05) is 46.5 Å². The summed E-state index contributed by atoms with van der Waals surface area (Å²) in [5.41, 5.74) is -0.571. The molecule has 0 bridgehead atoms. The van der Waals surface area contributed by atoms with Gasteiger partial charge in [0.25, 0.3) is 0 Å². The molecule has 1 aromatic carbocycles. The second-order valence-corrected chi connectivity index (χ2v) is 14.5. The lowest BCUT2D eigenvalue weighted by atomic mass is 9.86. The summed E-state index contributed by atoms with van der Waals surface area (Å²) < 4.78 is 84.8. The normalized spacial score (nSPS) is 16.8. The van der Waals surface area contributed by atoms with Crippen LogP contribution in [0.1, 0.15) is 49.9 Å². The number of benzene rings is 1. The molecule has 5 heteroatoms. The highest BCUT2D eigenvalue weighted by Gasteiger charge is 2.38. The Bertz CT molecular complexity index is 1060. The molecule has 0 amide bonds. The van der Waals surface area contributed by atoms with Crippen LogP contribution in [0.4, 0.5) is 13.2 Å². The van der Waals surface area contributed by atoms with Crippen molar-refractivity contribution in [1.29, 1.82) is 0 Å². The van der Waals surface area contributed by atoms with Gasteiger partial charge in [-0.3, -0.25) is 0 Å². The lowest BCUT2D eigenvalue weighted by Gasteiger charge is -2.24. The van der Waals surface area contributed by atoms with Crippen LogP contribution in [0, 0.1) is 19.2 Å². The Hall–Kier alpha value is -1.62. The molecule has 0 atom stereocenters. The van der Waals surface area contributed by atoms with E-state index in [2.05, 4.69) is 0 Å². The lowest BCUT2D eigenvalue weighted by Crippen LogP contribution is -2.43. The molecule has 0 saturated carbocycles. The largest absolute Gasteiger partial charge is 0.416 e. The number of pyridine rings is 1. The minimum atomic E-state index is -4.54. The number of aromatic nitrogens is 1. The van der Waals surface area contributed by atoms with Gasteiger partial charge in [0, 0.05) is 24.0 Å². The number of halogens is 3. The van der Waals surface area contributed by atoms with Gasteiger partial charge in [-0.05, 0) is 47.9 Å². The summed E-state index contributed by atoms with van der Waals surface area (Å²) >= 11 is 0. The molecule has 0 aliphatic carbocycles. The van der Waals surface area contributed by atoms with Gasteiger partial charge in [-0.25, -0.2) is 4.57 Å². The quantitative estimate of drug-likeness (QED) is 0.432. The van der Waals surface area contributed by atoms with Crippen LogP contribution in [0.25, 0.3) is 11.3 Å². The molecule has 1 heterocycles. The van der Waals surface area contributed by atoms with E-state index in [0.717, 1.165) is 6.07 Å². The number of nitrogens with zero attached hydrogens (tertiary/aromatic N) is 1. The molecule has 0 unspecified atom stereocenters. The fourth-order valence-corrected chi connectivity index (χ4v) is 4.93. The molecule has 0 N–H and O–H groups in total. The number of rotatable bonds is 3. The second-order valence-electron chi connectivity index (χ2n) is 9.43. The highest BCUT2D eigenvalue weighted by atomic mass is 28.3. The van der Waals surface area contributed by atoms with Crippen LogP contribution in [0.2, 0.25) is 19.6 Å². The van der Waals surface area contributed by atoms with Gasteiger partial charge in [0.1, 0.15) is 7.05 Å². The van der Waals surface area contributed by atoms with E-state index >= 15 is 0 Å². The van der Waals surface area contributed by atoms with Crippen molar-refractivity contribution in [3.05, 3.63) is 46.6 Å². The monoisotopic (exact) mass is 413 g/mol. The minimum Gasteiger partial charge on any atom is -0.201 e. The maximum Gasteiger partial charge on any atom is 0.416 e. The Morgan fingerprint density at radius 2 is 1.68 bits per heavy atom. The number of alkyl halides is 3. The molecule has 0 aliphatic heterocycles. The van der Waals surface area contributed by atoms with E-state index in [-0.39, 0.29) is 11.1 Å². The predicted octanol–water partition coefficient (Wildman–Crippen LogP) is 5.95. The summed E-state index contributed by atoms with van der Waals surface area (Å²) in [6, 6.07) is 4.12. The maximum absolute atomic E-state index is 14.0. The number of aryl methyl sites for hydroxylation is 3. The van der Waals surface area contributed by atoms with E-state index in [1.807, 2.05) is 19.6 Å². The summed E-state index contributed by atoms with van der Waals surface area (Å²) in [6.07, 6.45) is -5.27. The second kappa shape index (κ2) is 7.32. The van der Waals surface area contributed by atoms with Crippen LogP contribution in [0.3, 0.4) is 0 Å². The average Bonchev–Trinajstić information content (AvgIpc) is 2.57. The molecule has 0 saturated heterocycles.